The monoisotopic (exact) mass is 394 g/mol. The van der Waals surface area contributed by atoms with Crippen LogP contribution in [0.15, 0.2) is 42.7 Å². The first-order chi connectivity index (χ1) is 14.1. The molecule has 29 heavy (non-hydrogen) atoms. The largest absolute Gasteiger partial charge is 0.447 e. The maximum absolute atomic E-state index is 12.4. The van der Waals surface area contributed by atoms with Crippen LogP contribution in [0.4, 0.5) is 10.6 Å². The van der Waals surface area contributed by atoms with Crippen LogP contribution in [-0.4, -0.2) is 52.6 Å². The molecule has 1 aromatic carbocycles. The summed E-state index contributed by atoms with van der Waals surface area (Å²) in [6, 6.07) is 9.98. The Hall–Kier alpha value is -2.96. The predicted octanol–water partition coefficient (Wildman–Crippen LogP) is 2.85. The standard InChI is InChI=1S/C22H26N4O3/c1-16(27)25-9-7-18(8-10-25)11-19-13-23-14-21(24-19)26-20(15-29-22(26)28)12-17-5-3-2-4-6-17/h2-6,13-14,18,20H,7-12,15H2,1H3. The number of ether oxygens (including phenoxy) is 1. The van der Waals surface area contributed by atoms with Gasteiger partial charge < -0.3 is 9.64 Å². The number of carbonyl (C=O) groups is 2. The van der Waals surface area contributed by atoms with Crippen molar-refractivity contribution in [3.8, 4) is 0 Å². The van der Waals surface area contributed by atoms with Gasteiger partial charge in [0.15, 0.2) is 5.82 Å². The number of carbonyl (C=O) groups excluding carboxylic acids is 2. The quantitative estimate of drug-likeness (QED) is 0.779. The Morgan fingerprint density at radius 1 is 1.14 bits per heavy atom. The van der Waals surface area contributed by atoms with E-state index in [0.717, 1.165) is 43.6 Å². The maximum atomic E-state index is 12.4. The van der Waals surface area contributed by atoms with Crippen LogP contribution in [0.25, 0.3) is 0 Å². The van der Waals surface area contributed by atoms with Gasteiger partial charge in [0, 0.05) is 26.2 Å². The van der Waals surface area contributed by atoms with Crippen LogP contribution in [0.2, 0.25) is 0 Å². The molecule has 0 saturated carbocycles. The molecule has 1 unspecified atom stereocenters. The van der Waals surface area contributed by atoms with Gasteiger partial charge in [0.2, 0.25) is 5.91 Å². The lowest BCUT2D eigenvalue weighted by molar-refractivity contribution is -0.130. The van der Waals surface area contributed by atoms with Crippen molar-refractivity contribution < 1.29 is 14.3 Å². The SMILES string of the molecule is CC(=O)N1CCC(Cc2cncc(N3C(=O)OCC3Cc3ccccc3)n2)CC1. The van der Waals surface area contributed by atoms with Gasteiger partial charge in [-0.15, -0.1) is 0 Å². The van der Waals surface area contributed by atoms with Crippen LogP contribution < -0.4 is 4.90 Å². The zero-order valence-corrected chi connectivity index (χ0v) is 16.7. The third-order valence-electron chi connectivity index (χ3n) is 5.75. The third-order valence-corrected chi connectivity index (χ3v) is 5.75. The predicted molar refractivity (Wildman–Crippen MR) is 108 cm³/mol. The van der Waals surface area contributed by atoms with Gasteiger partial charge >= 0.3 is 6.09 Å². The fraction of sp³-hybridized carbons (Fsp3) is 0.455. The van der Waals surface area contributed by atoms with Crippen molar-refractivity contribution in [1.82, 2.24) is 14.9 Å². The van der Waals surface area contributed by atoms with Crippen molar-refractivity contribution in [1.29, 1.82) is 0 Å². The lowest BCUT2D eigenvalue weighted by atomic mass is 9.92. The summed E-state index contributed by atoms with van der Waals surface area (Å²) < 4.78 is 5.31. The smallest absolute Gasteiger partial charge is 0.415 e. The first-order valence-corrected chi connectivity index (χ1v) is 10.2. The fourth-order valence-corrected chi connectivity index (χ4v) is 4.13. The van der Waals surface area contributed by atoms with Crippen LogP contribution >= 0.6 is 0 Å². The highest BCUT2D eigenvalue weighted by molar-refractivity contribution is 5.89. The van der Waals surface area contributed by atoms with Crippen LogP contribution in [0.1, 0.15) is 31.0 Å². The third kappa shape index (κ3) is 4.55. The van der Waals surface area contributed by atoms with Crippen LogP contribution in [0, 0.1) is 5.92 Å². The molecule has 0 aliphatic carbocycles. The van der Waals surface area contributed by atoms with Gasteiger partial charge in [-0.2, -0.15) is 0 Å². The Balaban J connectivity index is 1.44. The van der Waals surface area contributed by atoms with Crippen LogP contribution in [-0.2, 0) is 22.4 Å². The minimum absolute atomic E-state index is 0.0896. The lowest BCUT2D eigenvalue weighted by Gasteiger charge is -2.31. The zero-order valence-electron chi connectivity index (χ0n) is 16.7. The highest BCUT2D eigenvalue weighted by atomic mass is 16.6. The Morgan fingerprint density at radius 2 is 1.90 bits per heavy atom. The van der Waals surface area contributed by atoms with Gasteiger partial charge in [-0.3, -0.25) is 14.7 Å². The topological polar surface area (TPSA) is 75.6 Å². The number of rotatable bonds is 5. The highest BCUT2D eigenvalue weighted by Gasteiger charge is 2.35. The molecule has 0 bridgehead atoms. The summed E-state index contributed by atoms with van der Waals surface area (Å²) >= 11 is 0. The average Bonchev–Trinajstić information content (AvgIpc) is 3.09. The molecule has 3 heterocycles. The minimum atomic E-state index is -0.368. The molecular weight excluding hydrogens is 368 g/mol. The Labute approximate surface area is 170 Å². The minimum Gasteiger partial charge on any atom is -0.447 e. The van der Waals surface area contributed by atoms with Gasteiger partial charge in [-0.1, -0.05) is 30.3 Å². The number of aromatic nitrogens is 2. The highest BCUT2D eigenvalue weighted by Crippen LogP contribution is 2.25. The number of piperidine rings is 1. The number of likely N-dealkylation sites (tertiary alicyclic amines) is 1. The Morgan fingerprint density at radius 3 is 2.62 bits per heavy atom. The first-order valence-electron chi connectivity index (χ1n) is 10.2. The maximum Gasteiger partial charge on any atom is 0.415 e. The lowest BCUT2D eigenvalue weighted by Crippen LogP contribution is -2.37. The molecule has 1 aromatic heterocycles. The number of amides is 2. The number of nitrogens with zero attached hydrogens (tertiary/aromatic N) is 4. The molecule has 1 atom stereocenters. The normalized spacial score (nSPS) is 20.0. The molecule has 2 amide bonds. The van der Waals surface area contributed by atoms with E-state index in [1.807, 2.05) is 23.1 Å². The van der Waals surface area contributed by atoms with Crippen molar-refractivity contribution in [2.45, 2.75) is 38.6 Å². The summed E-state index contributed by atoms with van der Waals surface area (Å²) in [5, 5.41) is 0. The molecular formula is C22H26N4O3. The van der Waals surface area contributed by atoms with Crippen LogP contribution in [0.3, 0.4) is 0 Å². The molecule has 2 aliphatic heterocycles. The van der Waals surface area contributed by atoms with E-state index in [4.69, 9.17) is 9.72 Å². The molecule has 4 rings (SSSR count). The summed E-state index contributed by atoms with van der Waals surface area (Å²) in [5.74, 6) is 1.16. The average molecular weight is 394 g/mol. The molecule has 2 aromatic rings. The van der Waals surface area contributed by atoms with Gasteiger partial charge in [0.05, 0.1) is 17.9 Å². The van der Waals surface area contributed by atoms with E-state index in [9.17, 15) is 9.59 Å². The summed E-state index contributed by atoms with van der Waals surface area (Å²) in [5.41, 5.74) is 2.03. The summed E-state index contributed by atoms with van der Waals surface area (Å²) in [4.78, 5) is 36.5. The Bertz CT molecular complexity index is 865. The molecule has 2 saturated heterocycles. The molecule has 2 fully saturated rings. The molecule has 0 N–H and O–H groups in total. The second kappa shape index (κ2) is 8.59. The number of hydrogen-bond donors (Lipinski definition) is 0. The summed E-state index contributed by atoms with van der Waals surface area (Å²) in [6.45, 7) is 3.56. The molecule has 0 radical (unpaired) electrons. The van der Waals surface area contributed by atoms with E-state index >= 15 is 0 Å². The van der Waals surface area contributed by atoms with Gasteiger partial charge in [0.25, 0.3) is 0 Å². The molecule has 7 nitrogen and oxygen atoms in total. The molecule has 2 aliphatic rings. The summed E-state index contributed by atoms with van der Waals surface area (Å²) in [6.07, 6.45) is 6.48. The van der Waals surface area contributed by atoms with Gasteiger partial charge in [-0.25, -0.2) is 9.78 Å². The van der Waals surface area contributed by atoms with E-state index in [2.05, 4.69) is 17.1 Å². The fourth-order valence-electron chi connectivity index (χ4n) is 4.13. The number of cyclic esters (lactones) is 1. The van der Waals surface area contributed by atoms with E-state index in [1.54, 1.807) is 24.2 Å². The van der Waals surface area contributed by atoms with Gasteiger partial charge in [-0.05, 0) is 37.2 Å². The van der Waals surface area contributed by atoms with E-state index < -0.39 is 0 Å². The second-order valence-corrected chi connectivity index (χ2v) is 7.81. The molecule has 0 spiro atoms. The van der Waals surface area contributed by atoms with Crippen molar-refractivity contribution in [3.63, 3.8) is 0 Å². The van der Waals surface area contributed by atoms with Gasteiger partial charge in [0.1, 0.15) is 6.61 Å². The van der Waals surface area contributed by atoms with E-state index in [0.29, 0.717) is 24.8 Å². The van der Waals surface area contributed by atoms with Crippen molar-refractivity contribution in [2.75, 3.05) is 24.6 Å². The van der Waals surface area contributed by atoms with Crippen molar-refractivity contribution in [2.24, 2.45) is 5.92 Å². The zero-order chi connectivity index (χ0) is 20.2. The van der Waals surface area contributed by atoms with Crippen molar-refractivity contribution in [3.05, 3.63) is 54.0 Å². The number of benzene rings is 1. The molecule has 152 valence electrons. The van der Waals surface area contributed by atoms with E-state index in [1.165, 1.54) is 0 Å². The number of hydrogen-bond acceptors (Lipinski definition) is 5. The number of anilines is 1. The Kier molecular flexibility index (Phi) is 5.74. The second-order valence-electron chi connectivity index (χ2n) is 7.81. The first kappa shape index (κ1) is 19.4. The van der Waals surface area contributed by atoms with Crippen molar-refractivity contribution >= 4 is 17.8 Å². The van der Waals surface area contributed by atoms with Crippen LogP contribution in [0.5, 0.6) is 0 Å². The summed E-state index contributed by atoms with van der Waals surface area (Å²) in [7, 11) is 0. The molecule has 7 heteroatoms. The van der Waals surface area contributed by atoms with E-state index in [-0.39, 0.29) is 18.0 Å².